The van der Waals surface area contributed by atoms with E-state index >= 15 is 0 Å². The molecule has 0 aromatic carbocycles. The van der Waals surface area contributed by atoms with Crippen LogP contribution in [0.3, 0.4) is 0 Å². The zero-order valence-corrected chi connectivity index (χ0v) is 10.5. The van der Waals surface area contributed by atoms with E-state index in [2.05, 4.69) is 0 Å². The largest absolute Gasteiger partial charge is 0.325 e. The summed E-state index contributed by atoms with van der Waals surface area (Å²) in [5.74, 6) is 0. The van der Waals surface area contributed by atoms with Gasteiger partial charge in [-0.1, -0.05) is 0 Å². The molecule has 6 nitrogen and oxygen atoms in total. The van der Waals surface area contributed by atoms with E-state index in [9.17, 15) is 9.13 Å². The van der Waals surface area contributed by atoms with E-state index in [1.54, 1.807) is 0 Å². The predicted octanol–water partition coefficient (Wildman–Crippen LogP) is 1.57. The van der Waals surface area contributed by atoms with Crippen LogP contribution in [0.2, 0.25) is 0 Å². The molecule has 0 aromatic heterocycles. The minimum atomic E-state index is -3.48. The van der Waals surface area contributed by atoms with Gasteiger partial charge in [0.05, 0.1) is 12.2 Å². The molecule has 90 valence electrons. The molecule has 1 saturated carbocycles. The van der Waals surface area contributed by atoms with Crippen LogP contribution in [0.1, 0.15) is 19.3 Å². The summed E-state index contributed by atoms with van der Waals surface area (Å²) in [7, 11) is -6.96. The van der Waals surface area contributed by atoms with Gasteiger partial charge in [0.25, 0.3) is 0 Å². The van der Waals surface area contributed by atoms with Crippen molar-refractivity contribution in [1.82, 2.24) is 0 Å². The molecule has 4 atom stereocenters. The minimum Gasteiger partial charge on any atom is -0.324 e. The first-order valence-corrected chi connectivity index (χ1v) is 8.68. The summed E-state index contributed by atoms with van der Waals surface area (Å²) >= 11 is 0. The average Bonchev–Trinajstić information content (AvgIpc) is 2.28. The van der Waals surface area contributed by atoms with E-state index in [4.69, 9.17) is 18.8 Å². The van der Waals surface area contributed by atoms with Crippen LogP contribution in [0.5, 0.6) is 0 Å². The molecule has 0 aromatic rings. The monoisotopic (exact) mass is 258 g/mol. The number of hydrogen-bond acceptors (Lipinski definition) is 4. The van der Waals surface area contributed by atoms with Crippen molar-refractivity contribution in [2.75, 3.05) is 13.3 Å². The molecule has 1 aliphatic rings. The van der Waals surface area contributed by atoms with Crippen LogP contribution in [0.15, 0.2) is 0 Å². The van der Waals surface area contributed by atoms with Gasteiger partial charge in [0.1, 0.15) is 0 Å². The van der Waals surface area contributed by atoms with Crippen molar-refractivity contribution < 1.29 is 28.0 Å². The molecule has 2 N–H and O–H groups in total. The van der Waals surface area contributed by atoms with Gasteiger partial charge in [-0.05, 0) is 12.8 Å². The summed E-state index contributed by atoms with van der Waals surface area (Å²) in [6, 6.07) is 0. The van der Waals surface area contributed by atoms with Crippen molar-refractivity contribution >= 4 is 15.2 Å². The van der Waals surface area contributed by atoms with Crippen LogP contribution in [-0.4, -0.2) is 35.3 Å². The van der Waals surface area contributed by atoms with E-state index in [0.717, 1.165) is 13.3 Å². The second-order valence-corrected chi connectivity index (χ2v) is 7.51. The van der Waals surface area contributed by atoms with E-state index in [0.29, 0.717) is 19.3 Å². The van der Waals surface area contributed by atoms with Crippen LogP contribution in [0.25, 0.3) is 0 Å². The van der Waals surface area contributed by atoms with E-state index < -0.39 is 15.2 Å². The van der Waals surface area contributed by atoms with Crippen LogP contribution in [-0.2, 0) is 18.2 Å². The molecule has 0 spiro atoms. The highest BCUT2D eigenvalue weighted by Crippen LogP contribution is 2.46. The molecule has 1 fully saturated rings. The number of rotatable bonds is 4. The standard InChI is InChI=1S/C7H16O6P2/c1-14(8,9)12-6-3-4-7(5-6)13-15(2,10)11/h6-7H,3-5H2,1-2H3,(H,8,9)(H,10,11). The summed E-state index contributed by atoms with van der Waals surface area (Å²) in [6.07, 6.45) is 0.813. The molecule has 0 aliphatic heterocycles. The third kappa shape index (κ3) is 5.81. The molecular formula is C7H16O6P2. The lowest BCUT2D eigenvalue weighted by Gasteiger charge is -2.15. The van der Waals surface area contributed by atoms with Gasteiger partial charge in [0.15, 0.2) is 0 Å². The third-order valence-corrected chi connectivity index (χ3v) is 3.40. The lowest BCUT2D eigenvalue weighted by molar-refractivity contribution is 0.145. The summed E-state index contributed by atoms with van der Waals surface area (Å²) in [5.41, 5.74) is 0. The fraction of sp³-hybridized carbons (Fsp3) is 1.00. The minimum absolute atomic E-state index is 0.359. The molecule has 15 heavy (non-hydrogen) atoms. The van der Waals surface area contributed by atoms with Gasteiger partial charge < -0.3 is 18.8 Å². The fourth-order valence-corrected chi connectivity index (χ4v) is 3.13. The maximum Gasteiger partial charge on any atom is 0.325 e. The first-order valence-electron chi connectivity index (χ1n) is 4.63. The highest BCUT2D eigenvalue weighted by Gasteiger charge is 2.32. The van der Waals surface area contributed by atoms with Gasteiger partial charge in [-0.15, -0.1) is 0 Å². The normalized spacial score (nSPS) is 34.7. The van der Waals surface area contributed by atoms with Gasteiger partial charge in [0, 0.05) is 19.8 Å². The second-order valence-electron chi connectivity index (χ2n) is 3.87. The summed E-state index contributed by atoms with van der Waals surface area (Å²) < 4.78 is 31.7. The molecule has 0 saturated heterocycles. The van der Waals surface area contributed by atoms with Gasteiger partial charge >= 0.3 is 15.2 Å². The molecule has 4 unspecified atom stereocenters. The Kier molecular flexibility index (Phi) is 4.15. The summed E-state index contributed by atoms with van der Waals surface area (Å²) in [5, 5.41) is 0. The highest BCUT2D eigenvalue weighted by molar-refractivity contribution is 7.52. The van der Waals surface area contributed by atoms with Crippen LogP contribution in [0, 0.1) is 0 Å². The molecule has 1 rings (SSSR count). The Balaban J connectivity index is 2.40. The molecule has 0 heterocycles. The topological polar surface area (TPSA) is 93.1 Å². The number of hydrogen-bond donors (Lipinski definition) is 2. The molecular weight excluding hydrogens is 242 g/mol. The first kappa shape index (κ1) is 13.4. The van der Waals surface area contributed by atoms with Gasteiger partial charge in [-0.3, -0.25) is 9.13 Å². The Bertz CT molecular complexity index is 275. The quantitative estimate of drug-likeness (QED) is 0.743. The lowest BCUT2D eigenvalue weighted by atomic mass is 10.3. The average molecular weight is 258 g/mol. The molecule has 1 aliphatic carbocycles. The maximum absolute atomic E-state index is 11.0. The van der Waals surface area contributed by atoms with Crippen molar-refractivity contribution in [2.45, 2.75) is 31.5 Å². The van der Waals surface area contributed by atoms with E-state index in [1.807, 2.05) is 0 Å². The zero-order chi connectivity index (χ0) is 11.7. The highest BCUT2D eigenvalue weighted by atomic mass is 31.2. The van der Waals surface area contributed by atoms with Crippen molar-refractivity contribution in [3.8, 4) is 0 Å². The maximum atomic E-state index is 11.0. The van der Waals surface area contributed by atoms with Crippen LogP contribution >= 0.6 is 15.2 Å². The van der Waals surface area contributed by atoms with Crippen molar-refractivity contribution in [2.24, 2.45) is 0 Å². The van der Waals surface area contributed by atoms with Crippen molar-refractivity contribution in [3.63, 3.8) is 0 Å². The third-order valence-electron chi connectivity index (χ3n) is 2.03. The Labute approximate surface area is 88.7 Å². The molecule has 8 heteroatoms. The summed E-state index contributed by atoms with van der Waals surface area (Å²) in [6.45, 7) is 2.25. The molecule has 0 radical (unpaired) electrons. The predicted molar refractivity (Wildman–Crippen MR) is 55.1 cm³/mol. The second kappa shape index (κ2) is 4.66. The fourth-order valence-electron chi connectivity index (χ4n) is 1.65. The first-order chi connectivity index (χ1) is 6.66. The molecule has 0 bridgehead atoms. The molecule has 0 amide bonds. The van der Waals surface area contributed by atoms with Gasteiger partial charge in [0.2, 0.25) is 0 Å². The van der Waals surface area contributed by atoms with E-state index in [1.165, 1.54) is 0 Å². The van der Waals surface area contributed by atoms with Crippen LogP contribution < -0.4 is 0 Å². The van der Waals surface area contributed by atoms with Crippen molar-refractivity contribution in [3.05, 3.63) is 0 Å². The van der Waals surface area contributed by atoms with Crippen LogP contribution in [0.4, 0.5) is 0 Å². The lowest BCUT2D eigenvalue weighted by Crippen LogP contribution is -2.10. The summed E-state index contributed by atoms with van der Waals surface area (Å²) in [4.78, 5) is 18.0. The van der Waals surface area contributed by atoms with E-state index in [-0.39, 0.29) is 12.2 Å². The van der Waals surface area contributed by atoms with Gasteiger partial charge in [-0.2, -0.15) is 0 Å². The Morgan fingerprint density at radius 3 is 1.60 bits per heavy atom. The SMILES string of the molecule is CP(=O)(O)OC1CCC(OP(C)(=O)O)C1. The van der Waals surface area contributed by atoms with Crippen molar-refractivity contribution in [1.29, 1.82) is 0 Å². The Morgan fingerprint density at radius 2 is 1.33 bits per heavy atom. The Morgan fingerprint density at radius 1 is 1.00 bits per heavy atom. The Hall–Kier alpha value is 0.300. The smallest absolute Gasteiger partial charge is 0.324 e. The zero-order valence-electron chi connectivity index (χ0n) is 8.70. The van der Waals surface area contributed by atoms with Gasteiger partial charge in [-0.25, -0.2) is 0 Å².